The molecule has 0 bridgehead atoms. The minimum absolute atomic E-state index is 0. The number of guanidine groups is 1. The lowest BCUT2D eigenvalue weighted by atomic mass is 10.1. The Balaban J connectivity index is 0.00000361. The molecule has 6 heteroatoms. The van der Waals surface area contributed by atoms with E-state index in [0.29, 0.717) is 0 Å². The fraction of sp³-hybridized carbons (Fsp3) is 0.500. The van der Waals surface area contributed by atoms with Crippen molar-refractivity contribution >= 4 is 29.9 Å². The minimum atomic E-state index is 0. The largest absolute Gasteiger partial charge is 0.493 e. The molecule has 0 fully saturated rings. The molecule has 5 nitrogen and oxygen atoms in total. The number of ether oxygens (including phenoxy) is 2. The van der Waals surface area contributed by atoms with Crippen molar-refractivity contribution in [3.63, 3.8) is 0 Å². The second kappa shape index (κ2) is 9.68. The van der Waals surface area contributed by atoms with Crippen molar-refractivity contribution in [1.29, 1.82) is 0 Å². The Morgan fingerprint density at radius 1 is 1.25 bits per heavy atom. The van der Waals surface area contributed by atoms with Crippen LogP contribution in [-0.4, -0.2) is 52.8 Å². The fourth-order valence-electron chi connectivity index (χ4n) is 1.91. The lowest BCUT2D eigenvalue weighted by Gasteiger charge is -2.20. The summed E-state index contributed by atoms with van der Waals surface area (Å²) >= 11 is 0. The molecular formula is C14H24IN3O2. The summed E-state index contributed by atoms with van der Waals surface area (Å²) in [6.45, 7) is 0.878. The van der Waals surface area contributed by atoms with Gasteiger partial charge in [-0.25, -0.2) is 0 Å². The molecule has 0 amide bonds. The molecule has 0 heterocycles. The van der Waals surface area contributed by atoms with Gasteiger partial charge in [-0.3, -0.25) is 4.99 Å². The van der Waals surface area contributed by atoms with E-state index in [4.69, 9.17) is 9.47 Å². The number of benzene rings is 1. The number of nitrogens with one attached hydrogen (secondary N) is 1. The van der Waals surface area contributed by atoms with Crippen LogP contribution >= 0.6 is 24.0 Å². The summed E-state index contributed by atoms with van der Waals surface area (Å²) in [6.07, 6.45) is 0.914. The second-order valence-corrected chi connectivity index (χ2v) is 4.16. The number of methoxy groups -OCH3 is 2. The lowest BCUT2D eigenvalue weighted by molar-refractivity contribution is 0.354. The van der Waals surface area contributed by atoms with E-state index in [1.54, 1.807) is 21.3 Å². The molecule has 114 valence electrons. The van der Waals surface area contributed by atoms with Gasteiger partial charge in [-0.15, -0.1) is 24.0 Å². The summed E-state index contributed by atoms with van der Waals surface area (Å²) in [7, 11) is 8.95. The Hall–Kier alpha value is -1.18. The smallest absolute Gasteiger partial charge is 0.193 e. The van der Waals surface area contributed by atoms with Gasteiger partial charge < -0.3 is 19.7 Å². The van der Waals surface area contributed by atoms with Crippen molar-refractivity contribution in [2.24, 2.45) is 4.99 Å². The van der Waals surface area contributed by atoms with E-state index < -0.39 is 0 Å². The SMILES string of the molecule is CN=C(NC)N(C)CCc1ccc(OC)c(OC)c1.I. The summed E-state index contributed by atoms with van der Waals surface area (Å²) in [6, 6.07) is 5.99. The van der Waals surface area contributed by atoms with Gasteiger partial charge in [0.15, 0.2) is 17.5 Å². The summed E-state index contributed by atoms with van der Waals surface area (Å²) in [4.78, 5) is 6.25. The molecule has 1 aromatic carbocycles. The summed E-state index contributed by atoms with van der Waals surface area (Å²) in [5, 5.41) is 3.06. The Morgan fingerprint density at radius 3 is 2.40 bits per heavy atom. The Kier molecular flexibility index (Phi) is 9.11. The molecule has 0 aliphatic heterocycles. The molecule has 0 aliphatic rings. The van der Waals surface area contributed by atoms with E-state index in [1.165, 1.54) is 5.56 Å². The minimum Gasteiger partial charge on any atom is -0.493 e. The van der Waals surface area contributed by atoms with Gasteiger partial charge in [-0.2, -0.15) is 0 Å². The van der Waals surface area contributed by atoms with E-state index in [1.807, 2.05) is 26.2 Å². The lowest BCUT2D eigenvalue weighted by Crippen LogP contribution is -2.37. The molecule has 0 aliphatic carbocycles. The number of rotatable bonds is 5. The average molecular weight is 393 g/mol. The van der Waals surface area contributed by atoms with Crippen LogP contribution in [0.4, 0.5) is 0 Å². The molecule has 0 saturated heterocycles. The van der Waals surface area contributed by atoms with Crippen LogP contribution in [0.2, 0.25) is 0 Å². The second-order valence-electron chi connectivity index (χ2n) is 4.16. The number of halogens is 1. The van der Waals surface area contributed by atoms with Crippen LogP contribution in [0.5, 0.6) is 11.5 Å². The number of hydrogen-bond acceptors (Lipinski definition) is 3. The first-order valence-electron chi connectivity index (χ1n) is 6.22. The van der Waals surface area contributed by atoms with Gasteiger partial charge in [0, 0.05) is 27.7 Å². The molecule has 1 N–H and O–H groups in total. The summed E-state index contributed by atoms with van der Waals surface area (Å²) in [5.74, 6) is 2.40. The predicted molar refractivity (Wildman–Crippen MR) is 93.7 cm³/mol. The molecule has 20 heavy (non-hydrogen) atoms. The first-order chi connectivity index (χ1) is 9.15. The molecule has 0 spiro atoms. The zero-order valence-corrected chi connectivity index (χ0v) is 15.1. The molecule has 1 rings (SSSR count). The Morgan fingerprint density at radius 2 is 1.90 bits per heavy atom. The topological polar surface area (TPSA) is 46.1 Å². The van der Waals surface area contributed by atoms with Gasteiger partial charge >= 0.3 is 0 Å². The fourth-order valence-corrected chi connectivity index (χ4v) is 1.91. The van der Waals surface area contributed by atoms with Crippen molar-refractivity contribution in [3.05, 3.63) is 23.8 Å². The highest BCUT2D eigenvalue weighted by Gasteiger charge is 2.07. The third-order valence-electron chi connectivity index (χ3n) is 2.98. The van der Waals surface area contributed by atoms with E-state index in [9.17, 15) is 0 Å². The number of aliphatic imine (C=N–C) groups is 1. The molecule has 0 saturated carbocycles. The average Bonchev–Trinajstić information content (AvgIpc) is 2.45. The number of likely N-dealkylation sites (N-methyl/N-ethyl adjacent to an activating group) is 1. The highest BCUT2D eigenvalue weighted by atomic mass is 127. The third kappa shape index (κ3) is 5.07. The van der Waals surface area contributed by atoms with Crippen LogP contribution in [0, 0.1) is 0 Å². The van der Waals surface area contributed by atoms with Crippen molar-refractivity contribution in [2.75, 3.05) is 41.9 Å². The Labute approximate surface area is 138 Å². The van der Waals surface area contributed by atoms with Gasteiger partial charge in [0.05, 0.1) is 14.2 Å². The van der Waals surface area contributed by atoms with E-state index >= 15 is 0 Å². The Bertz CT molecular complexity index is 438. The number of nitrogens with zero attached hydrogens (tertiary/aromatic N) is 2. The van der Waals surface area contributed by atoms with E-state index in [-0.39, 0.29) is 24.0 Å². The molecule has 0 aromatic heterocycles. The normalized spacial score (nSPS) is 10.6. The maximum atomic E-state index is 5.30. The van der Waals surface area contributed by atoms with Crippen LogP contribution in [0.15, 0.2) is 23.2 Å². The van der Waals surface area contributed by atoms with Gasteiger partial charge in [0.1, 0.15) is 0 Å². The highest BCUT2D eigenvalue weighted by Crippen LogP contribution is 2.27. The molecule has 0 unspecified atom stereocenters. The molecule has 0 radical (unpaired) electrons. The van der Waals surface area contributed by atoms with Crippen molar-refractivity contribution < 1.29 is 9.47 Å². The zero-order chi connectivity index (χ0) is 14.3. The van der Waals surface area contributed by atoms with E-state index in [2.05, 4.69) is 21.3 Å². The van der Waals surface area contributed by atoms with Gasteiger partial charge in [-0.1, -0.05) is 6.07 Å². The molecule has 1 aromatic rings. The predicted octanol–water partition coefficient (Wildman–Crippen LogP) is 2.00. The third-order valence-corrected chi connectivity index (χ3v) is 2.98. The van der Waals surface area contributed by atoms with Gasteiger partial charge in [-0.05, 0) is 24.1 Å². The zero-order valence-electron chi connectivity index (χ0n) is 12.8. The van der Waals surface area contributed by atoms with Crippen molar-refractivity contribution in [1.82, 2.24) is 10.2 Å². The highest BCUT2D eigenvalue weighted by molar-refractivity contribution is 14.0. The van der Waals surface area contributed by atoms with Crippen LogP contribution in [-0.2, 0) is 6.42 Å². The quantitative estimate of drug-likeness (QED) is 0.472. The number of hydrogen-bond donors (Lipinski definition) is 1. The first-order valence-corrected chi connectivity index (χ1v) is 6.22. The van der Waals surface area contributed by atoms with Crippen molar-refractivity contribution in [2.45, 2.75) is 6.42 Å². The van der Waals surface area contributed by atoms with Crippen LogP contribution in [0.3, 0.4) is 0 Å². The first kappa shape index (κ1) is 18.8. The van der Waals surface area contributed by atoms with Crippen LogP contribution in [0.1, 0.15) is 5.56 Å². The van der Waals surface area contributed by atoms with Crippen LogP contribution < -0.4 is 14.8 Å². The molecule has 0 atom stereocenters. The molecular weight excluding hydrogens is 369 g/mol. The van der Waals surface area contributed by atoms with Gasteiger partial charge in [0.25, 0.3) is 0 Å². The van der Waals surface area contributed by atoms with E-state index in [0.717, 1.165) is 30.4 Å². The maximum absolute atomic E-state index is 5.30. The van der Waals surface area contributed by atoms with Gasteiger partial charge in [0.2, 0.25) is 0 Å². The van der Waals surface area contributed by atoms with Crippen molar-refractivity contribution in [3.8, 4) is 11.5 Å². The summed E-state index contributed by atoms with van der Waals surface area (Å²) < 4.78 is 10.5. The summed E-state index contributed by atoms with van der Waals surface area (Å²) in [5.41, 5.74) is 1.20. The monoisotopic (exact) mass is 393 g/mol. The standard InChI is InChI=1S/C14H23N3O2.HI/c1-15-14(16-2)17(3)9-8-11-6-7-12(18-4)13(10-11)19-5;/h6-7,10H,8-9H2,1-5H3,(H,15,16);1H. The maximum Gasteiger partial charge on any atom is 0.193 e. The van der Waals surface area contributed by atoms with Crippen LogP contribution in [0.25, 0.3) is 0 Å².